The summed E-state index contributed by atoms with van der Waals surface area (Å²) in [6, 6.07) is 15.0. The molecule has 0 bridgehead atoms. The number of halogens is 1. The van der Waals surface area contributed by atoms with Crippen molar-refractivity contribution >= 4 is 40.5 Å². The van der Waals surface area contributed by atoms with Crippen molar-refractivity contribution in [3.63, 3.8) is 0 Å². The highest BCUT2D eigenvalue weighted by Gasteiger charge is 2.07. The first-order valence-electron chi connectivity index (χ1n) is 8.65. The van der Waals surface area contributed by atoms with E-state index in [0.717, 1.165) is 29.8 Å². The quantitative estimate of drug-likeness (QED) is 0.493. The van der Waals surface area contributed by atoms with Gasteiger partial charge in [0.1, 0.15) is 5.75 Å². The van der Waals surface area contributed by atoms with Crippen molar-refractivity contribution in [2.75, 3.05) is 11.9 Å². The number of thiocarbonyl (C=S) groups is 1. The van der Waals surface area contributed by atoms with E-state index in [4.69, 9.17) is 28.6 Å². The number of carbonyl (C=O) groups excluding carboxylic acids is 1. The maximum absolute atomic E-state index is 12.1. The van der Waals surface area contributed by atoms with E-state index < -0.39 is 0 Å². The Balaban J connectivity index is 1.79. The van der Waals surface area contributed by atoms with Crippen molar-refractivity contribution in [1.29, 1.82) is 0 Å². The van der Waals surface area contributed by atoms with Crippen molar-refractivity contribution in [2.24, 2.45) is 0 Å². The molecular formula is C20H23ClN2O2S. The zero-order chi connectivity index (χ0) is 18.8. The van der Waals surface area contributed by atoms with Gasteiger partial charge in [-0.3, -0.25) is 4.79 Å². The van der Waals surface area contributed by atoms with E-state index >= 15 is 0 Å². The molecule has 0 unspecified atom stereocenters. The molecule has 0 aliphatic heterocycles. The second-order valence-electron chi connectivity index (χ2n) is 5.82. The van der Waals surface area contributed by atoms with Crippen molar-refractivity contribution in [3.05, 3.63) is 59.1 Å². The topological polar surface area (TPSA) is 50.4 Å². The van der Waals surface area contributed by atoms with E-state index in [0.29, 0.717) is 24.5 Å². The van der Waals surface area contributed by atoms with Crippen LogP contribution in [0.3, 0.4) is 0 Å². The number of carbonyl (C=O) groups is 1. The fourth-order valence-corrected chi connectivity index (χ4v) is 2.76. The number of rotatable bonds is 8. The summed E-state index contributed by atoms with van der Waals surface area (Å²) in [7, 11) is 0. The van der Waals surface area contributed by atoms with Crippen molar-refractivity contribution in [3.8, 4) is 5.75 Å². The number of hydrogen-bond acceptors (Lipinski definition) is 3. The third-order valence-electron chi connectivity index (χ3n) is 3.69. The average Bonchev–Trinajstić information content (AvgIpc) is 2.61. The lowest BCUT2D eigenvalue weighted by Crippen LogP contribution is -2.34. The highest BCUT2D eigenvalue weighted by atomic mass is 35.5. The maximum atomic E-state index is 12.1. The Bertz CT molecular complexity index is 752. The molecule has 138 valence electrons. The fraction of sp³-hybridized carbons (Fsp3) is 0.300. The molecule has 0 heterocycles. The average molecular weight is 391 g/mol. The lowest BCUT2D eigenvalue weighted by atomic mass is 10.1. The first-order chi connectivity index (χ1) is 12.6. The zero-order valence-electron chi connectivity index (χ0n) is 14.8. The summed E-state index contributed by atoms with van der Waals surface area (Å²) >= 11 is 11.3. The van der Waals surface area contributed by atoms with Gasteiger partial charge in [-0.05, 0) is 48.8 Å². The predicted octanol–water partition coefficient (Wildman–Crippen LogP) is 4.96. The van der Waals surface area contributed by atoms with Gasteiger partial charge in [0.05, 0.1) is 6.61 Å². The lowest BCUT2D eigenvalue weighted by molar-refractivity contribution is -0.119. The second kappa shape index (κ2) is 10.8. The molecule has 2 aromatic rings. The number of nitrogens with one attached hydrogen (secondary N) is 2. The van der Waals surface area contributed by atoms with Crippen molar-refractivity contribution in [2.45, 2.75) is 32.6 Å². The fourth-order valence-electron chi connectivity index (χ4n) is 2.30. The van der Waals surface area contributed by atoms with Gasteiger partial charge in [-0.2, -0.15) is 0 Å². The summed E-state index contributed by atoms with van der Waals surface area (Å²) in [6.45, 7) is 2.80. The van der Waals surface area contributed by atoms with Crippen LogP contribution in [0.15, 0.2) is 48.5 Å². The Morgan fingerprint density at radius 1 is 1.19 bits per heavy atom. The number of benzene rings is 2. The highest BCUT2D eigenvalue weighted by Crippen LogP contribution is 2.18. The number of ether oxygens (including phenoxy) is 1. The smallest absolute Gasteiger partial charge is 0.226 e. The maximum Gasteiger partial charge on any atom is 0.226 e. The monoisotopic (exact) mass is 390 g/mol. The molecule has 1 amide bonds. The Kier molecular flexibility index (Phi) is 8.38. The van der Waals surface area contributed by atoms with Gasteiger partial charge in [-0.15, -0.1) is 0 Å². The molecular weight excluding hydrogens is 368 g/mol. The number of unbranched alkanes of at least 4 members (excludes halogenated alkanes) is 1. The SMILES string of the molecule is CCCCOc1cccc(NC(=S)NC(=O)CCc2ccccc2Cl)c1. The highest BCUT2D eigenvalue weighted by molar-refractivity contribution is 7.80. The lowest BCUT2D eigenvalue weighted by Gasteiger charge is -2.11. The van der Waals surface area contributed by atoms with Gasteiger partial charge in [-0.1, -0.05) is 49.2 Å². The number of anilines is 1. The van der Waals surface area contributed by atoms with E-state index in [9.17, 15) is 4.79 Å². The van der Waals surface area contributed by atoms with E-state index in [-0.39, 0.29) is 11.0 Å². The van der Waals surface area contributed by atoms with Crippen LogP contribution in [0.2, 0.25) is 5.02 Å². The first-order valence-corrected chi connectivity index (χ1v) is 9.44. The molecule has 0 aliphatic carbocycles. The molecule has 4 nitrogen and oxygen atoms in total. The van der Waals surface area contributed by atoms with E-state index in [2.05, 4.69) is 17.6 Å². The Labute approximate surface area is 164 Å². The molecule has 0 saturated carbocycles. The van der Waals surface area contributed by atoms with Crippen molar-refractivity contribution < 1.29 is 9.53 Å². The summed E-state index contributed by atoms with van der Waals surface area (Å²) in [6.07, 6.45) is 2.97. The molecule has 26 heavy (non-hydrogen) atoms. The second-order valence-corrected chi connectivity index (χ2v) is 6.64. The first kappa shape index (κ1) is 20.2. The van der Waals surface area contributed by atoms with Gasteiger partial charge >= 0.3 is 0 Å². The van der Waals surface area contributed by atoms with Gasteiger partial charge in [0.2, 0.25) is 5.91 Å². The van der Waals surface area contributed by atoms with Crippen LogP contribution in [0.4, 0.5) is 5.69 Å². The van der Waals surface area contributed by atoms with Crippen LogP contribution >= 0.6 is 23.8 Å². The number of hydrogen-bond donors (Lipinski definition) is 2. The van der Waals surface area contributed by atoms with E-state index in [1.165, 1.54) is 0 Å². The zero-order valence-corrected chi connectivity index (χ0v) is 16.3. The molecule has 0 saturated heterocycles. The van der Waals surface area contributed by atoms with E-state index in [1.807, 2.05) is 48.5 Å². The summed E-state index contributed by atoms with van der Waals surface area (Å²) in [4.78, 5) is 12.1. The van der Waals surface area contributed by atoms with Crippen LogP contribution in [0.25, 0.3) is 0 Å². The van der Waals surface area contributed by atoms with Crippen LogP contribution in [-0.2, 0) is 11.2 Å². The van der Waals surface area contributed by atoms with Crippen LogP contribution in [0, 0.1) is 0 Å². The minimum absolute atomic E-state index is 0.155. The molecule has 2 rings (SSSR count). The molecule has 6 heteroatoms. The van der Waals surface area contributed by atoms with Crippen LogP contribution in [0.1, 0.15) is 31.7 Å². The van der Waals surface area contributed by atoms with Gasteiger partial charge in [0.25, 0.3) is 0 Å². The molecule has 2 aromatic carbocycles. The van der Waals surface area contributed by atoms with Gasteiger partial charge < -0.3 is 15.4 Å². The minimum Gasteiger partial charge on any atom is -0.494 e. The normalized spacial score (nSPS) is 10.2. The largest absolute Gasteiger partial charge is 0.494 e. The van der Waals surface area contributed by atoms with Crippen molar-refractivity contribution in [1.82, 2.24) is 5.32 Å². The van der Waals surface area contributed by atoms with Crippen LogP contribution in [-0.4, -0.2) is 17.6 Å². The van der Waals surface area contributed by atoms with E-state index in [1.54, 1.807) is 0 Å². The Hall–Kier alpha value is -2.11. The predicted molar refractivity (Wildman–Crippen MR) is 111 cm³/mol. The molecule has 0 radical (unpaired) electrons. The molecule has 0 spiro atoms. The van der Waals surface area contributed by atoms with Crippen LogP contribution in [0.5, 0.6) is 5.75 Å². The molecule has 0 atom stereocenters. The Morgan fingerprint density at radius 2 is 2.00 bits per heavy atom. The van der Waals surface area contributed by atoms with Gasteiger partial charge in [-0.25, -0.2) is 0 Å². The molecule has 2 N–H and O–H groups in total. The summed E-state index contributed by atoms with van der Waals surface area (Å²) in [5, 5.41) is 6.63. The standard InChI is InChI=1S/C20H23ClN2O2S/c1-2-3-13-25-17-9-6-8-16(14-17)22-20(26)23-19(24)12-11-15-7-4-5-10-18(15)21/h4-10,14H,2-3,11-13H2,1H3,(H2,22,23,24,26). The minimum atomic E-state index is -0.155. The van der Waals surface area contributed by atoms with Gasteiger partial charge in [0, 0.05) is 23.2 Å². The summed E-state index contributed by atoms with van der Waals surface area (Å²) < 4.78 is 5.67. The van der Waals surface area contributed by atoms with Gasteiger partial charge in [0.15, 0.2) is 5.11 Å². The third-order valence-corrected chi connectivity index (χ3v) is 4.26. The molecule has 0 aromatic heterocycles. The summed E-state index contributed by atoms with van der Waals surface area (Å²) in [5.74, 6) is 0.620. The number of amides is 1. The summed E-state index contributed by atoms with van der Waals surface area (Å²) in [5.41, 5.74) is 1.72. The molecule has 0 aliphatic rings. The molecule has 0 fully saturated rings. The Morgan fingerprint density at radius 3 is 2.77 bits per heavy atom. The van der Waals surface area contributed by atoms with Crippen LogP contribution < -0.4 is 15.4 Å². The number of aryl methyl sites for hydroxylation is 1. The third kappa shape index (κ3) is 7.02.